The molecule has 1 fully saturated rings. The van der Waals surface area contributed by atoms with Gasteiger partial charge in [-0.3, -0.25) is 8.82 Å². The summed E-state index contributed by atoms with van der Waals surface area (Å²) in [6.07, 6.45) is -6.47. The molecule has 1 unspecified atom stereocenters. The first kappa shape index (κ1) is 34.1. The van der Waals surface area contributed by atoms with Crippen LogP contribution in [0, 0.1) is 6.92 Å². The number of halogens is 5. The minimum atomic E-state index is -4.96. The lowest BCUT2D eigenvalue weighted by Gasteiger charge is -2.33. The topological polar surface area (TPSA) is 150 Å². The molecule has 11 nitrogen and oxygen atoms in total. The van der Waals surface area contributed by atoms with Gasteiger partial charge in [0.1, 0.15) is 0 Å². The van der Waals surface area contributed by atoms with Crippen molar-refractivity contribution in [3.05, 3.63) is 35.2 Å². The maximum atomic E-state index is 14.0. The van der Waals surface area contributed by atoms with Gasteiger partial charge in [0.2, 0.25) is 5.92 Å². The summed E-state index contributed by atoms with van der Waals surface area (Å²) in [5, 5.41) is 18.0. The number of hydrogen-bond donors (Lipinski definition) is 3. The third kappa shape index (κ3) is 7.95. The van der Waals surface area contributed by atoms with Crippen molar-refractivity contribution in [2.75, 3.05) is 23.3 Å². The molecule has 18 heteroatoms. The van der Waals surface area contributed by atoms with Crippen molar-refractivity contribution in [2.24, 2.45) is 4.03 Å². The van der Waals surface area contributed by atoms with Crippen LogP contribution >= 0.6 is 0 Å². The van der Waals surface area contributed by atoms with Gasteiger partial charge in [0.05, 0.1) is 5.56 Å². The van der Waals surface area contributed by atoms with Crippen LogP contribution in [0.2, 0.25) is 18.1 Å². The number of hydrogen-bond acceptors (Lipinski definition) is 8. The molecular weight excluding hydrogens is 617 g/mol. The molecule has 2 amide bonds. The molecule has 43 heavy (non-hydrogen) atoms. The third-order valence-electron chi connectivity index (χ3n) is 7.41. The summed E-state index contributed by atoms with van der Waals surface area (Å²) in [6.45, 7) is 9.96. The van der Waals surface area contributed by atoms with Crippen molar-refractivity contribution < 1.29 is 40.9 Å². The summed E-state index contributed by atoms with van der Waals surface area (Å²) in [7, 11) is -6.63. The third-order valence-corrected chi connectivity index (χ3v) is 15.2. The number of carbonyl (C=O) groups excluding carboxylic acids is 1. The summed E-state index contributed by atoms with van der Waals surface area (Å²) in [4.78, 5) is 30.5. The Morgan fingerprint density at radius 3 is 2.37 bits per heavy atom. The highest BCUT2D eigenvalue weighted by Gasteiger charge is 2.40. The van der Waals surface area contributed by atoms with Crippen LogP contribution in [0.4, 0.5) is 38.3 Å². The minimum absolute atomic E-state index is 0.00614. The van der Waals surface area contributed by atoms with Crippen molar-refractivity contribution in [1.82, 2.24) is 19.9 Å². The molecule has 1 atom stereocenters. The van der Waals surface area contributed by atoms with Crippen LogP contribution in [0.5, 0.6) is 0 Å². The number of pyridine rings is 1. The maximum absolute atomic E-state index is 14.0. The van der Waals surface area contributed by atoms with Gasteiger partial charge in [-0.25, -0.2) is 27.5 Å². The highest BCUT2D eigenvalue weighted by atomic mass is 32.2. The molecule has 0 aromatic carbocycles. The van der Waals surface area contributed by atoms with E-state index in [9.17, 15) is 40.9 Å². The monoisotopic (exact) mass is 651 g/mol. The fourth-order valence-corrected chi connectivity index (χ4v) is 9.13. The quantitative estimate of drug-likeness (QED) is 0.251. The smallest absolute Gasteiger partial charge is 0.435 e. The van der Waals surface area contributed by atoms with Crippen LogP contribution < -0.4 is 14.9 Å². The number of rotatable bonds is 6. The predicted octanol–water partition coefficient (Wildman–Crippen LogP) is 6.09. The highest BCUT2D eigenvalue weighted by Crippen LogP contribution is 2.39. The standard InChI is InChI=1S/C25H34F5N7O4SSi/c1-15-18(20(34-33-19(15)25(28,29)30)37-12-7-9-24(26,27)10-13-37)21(38)32-16-8-11-31-17(14-16)42(41,35-22(39)40)36-43(5,6)23(2,3)4/h8,11,14H,7,9-10,12-13H2,1-6H3,(H,39,40)(H,31,32,38)(H,35,36,41). The maximum Gasteiger partial charge on any atom is 0.435 e. The highest BCUT2D eigenvalue weighted by molar-refractivity contribution is 7.93. The molecule has 1 saturated heterocycles. The summed E-state index contributed by atoms with van der Waals surface area (Å²) >= 11 is 0. The van der Waals surface area contributed by atoms with E-state index in [4.69, 9.17) is 0 Å². The molecule has 1 aliphatic rings. The molecule has 0 radical (unpaired) electrons. The molecule has 1 aliphatic heterocycles. The van der Waals surface area contributed by atoms with Crippen LogP contribution in [0.3, 0.4) is 0 Å². The largest absolute Gasteiger partial charge is 0.464 e. The molecule has 0 saturated carbocycles. The van der Waals surface area contributed by atoms with E-state index in [1.807, 2.05) is 25.5 Å². The number of carboxylic acid groups (broad SMARTS) is 1. The van der Waals surface area contributed by atoms with E-state index < -0.39 is 77.0 Å². The Hall–Kier alpha value is -3.41. The van der Waals surface area contributed by atoms with Gasteiger partial charge >= 0.3 is 12.3 Å². The zero-order valence-corrected chi connectivity index (χ0v) is 26.3. The summed E-state index contributed by atoms with van der Waals surface area (Å²) < 4.78 is 89.5. The normalized spacial score (nSPS) is 17.4. The van der Waals surface area contributed by atoms with Crippen molar-refractivity contribution in [3.63, 3.8) is 0 Å². The summed E-state index contributed by atoms with van der Waals surface area (Å²) in [6, 6.07) is 2.36. The number of anilines is 2. The van der Waals surface area contributed by atoms with Gasteiger partial charge in [-0.2, -0.15) is 13.2 Å². The van der Waals surface area contributed by atoms with Crippen LogP contribution in [-0.2, 0) is 16.1 Å². The molecule has 3 heterocycles. The van der Waals surface area contributed by atoms with E-state index in [2.05, 4.69) is 24.5 Å². The van der Waals surface area contributed by atoms with Gasteiger partial charge in [0.15, 0.2) is 34.7 Å². The Bertz CT molecular complexity index is 1520. The number of carbonyl (C=O) groups is 2. The first-order chi connectivity index (χ1) is 19.6. The molecule has 0 spiro atoms. The lowest BCUT2D eigenvalue weighted by atomic mass is 10.1. The molecule has 2 aromatic rings. The van der Waals surface area contributed by atoms with Crippen molar-refractivity contribution in [3.8, 4) is 0 Å². The zero-order chi connectivity index (χ0) is 32.6. The average Bonchev–Trinajstić information content (AvgIpc) is 3.01. The number of aromatic nitrogens is 3. The Balaban J connectivity index is 2.10. The van der Waals surface area contributed by atoms with E-state index in [1.54, 1.807) is 13.1 Å². The second kappa shape index (κ2) is 11.9. The van der Waals surface area contributed by atoms with Gasteiger partial charge in [-0.05, 0) is 49.2 Å². The van der Waals surface area contributed by atoms with Gasteiger partial charge in [0, 0.05) is 37.8 Å². The second-order valence-electron chi connectivity index (χ2n) is 11.7. The van der Waals surface area contributed by atoms with E-state index in [0.29, 0.717) is 0 Å². The summed E-state index contributed by atoms with van der Waals surface area (Å²) in [5.41, 5.74) is -2.59. The lowest BCUT2D eigenvalue weighted by molar-refractivity contribution is -0.142. The Morgan fingerprint density at radius 1 is 1.14 bits per heavy atom. The van der Waals surface area contributed by atoms with E-state index >= 15 is 0 Å². The molecule has 238 valence electrons. The van der Waals surface area contributed by atoms with E-state index in [1.165, 1.54) is 11.0 Å². The number of nitrogens with one attached hydrogen (secondary N) is 2. The Kier molecular flexibility index (Phi) is 9.46. The van der Waals surface area contributed by atoms with E-state index in [0.717, 1.165) is 19.2 Å². The molecular formula is C25H34F5N7O4SSi. The first-order valence-corrected chi connectivity index (χ1v) is 17.7. The number of alkyl halides is 5. The molecule has 0 aliphatic carbocycles. The predicted molar refractivity (Wildman–Crippen MR) is 152 cm³/mol. The molecule has 3 rings (SSSR count). The Labute approximate surface area is 247 Å². The van der Waals surface area contributed by atoms with Crippen molar-refractivity contribution >= 4 is 41.7 Å². The van der Waals surface area contributed by atoms with Gasteiger partial charge in [-0.1, -0.05) is 20.8 Å². The van der Waals surface area contributed by atoms with Gasteiger partial charge < -0.3 is 15.3 Å². The fourth-order valence-electron chi connectivity index (χ4n) is 4.08. The zero-order valence-electron chi connectivity index (χ0n) is 24.5. The van der Waals surface area contributed by atoms with Crippen LogP contribution in [0.1, 0.15) is 61.6 Å². The van der Waals surface area contributed by atoms with Crippen LogP contribution in [0.25, 0.3) is 0 Å². The average molecular weight is 652 g/mol. The second-order valence-corrected chi connectivity index (χ2v) is 18.8. The SMILES string of the molecule is Cc1c(C(F)(F)F)nnc(N2CCCC(F)(F)CC2)c1C(=O)Nc1ccnc(S(=O)(=N[Si](C)(C)C(C)(C)C)NC(=O)O)c1. The number of nitrogens with zero attached hydrogens (tertiary/aromatic N) is 5. The van der Waals surface area contributed by atoms with E-state index in [-0.39, 0.29) is 36.0 Å². The lowest BCUT2D eigenvalue weighted by Crippen LogP contribution is -2.40. The fraction of sp³-hybridized carbons (Fsp3) is 0.560. The summed E-state index contributed by atoms with van der Waals surface area (Å²) in [5.74, 6) is -4.34. The molecule has 2 aromatic heterocycles. The van der Waals surface area contributed by atoms with Crippen molar-refractivity contribution in [2.45, 2.75) is 82.2 Å². The van der Waals surface area contributed by atoms with Crippen LogP contribution in [-0.4, -0.2) is 63.7 Å². The number of amides is 2. The minimum Gasteiger partial charge on any atom is -0.464 e. The van der Waals surface area contributed by atoms with Gasteiger partial charge in [-0.15, -0.1) is 10.2 Å². The Morgan fingerprint density at radius 2 is 1.79 bits per heavy atom. The van der Waals surface area contributed by atoms with Crippen molar-refractivity contribution in [1.29, 1.82) is 0 Å². The molecule has 0 bridgehead atoms. The van der Waals surface area contributed by atoms with Crippen LogP contribution in [0.15, 0.2) is 27.4 Å². The van der Waals surface area contributed by atoms with Gasteiger partial charge in [0.25, 0.3) is 5.91 Å². The molecule has 3 N–H and O–H groups in total. The first-order valence-electron chi connectivity index (χ1n) is 13.2.